The molecular formula is C18H15ClN2O5S2. The number of halogens is 1. The Morgan fingerprint density at radius 1 is 1.21 bits per heavy atom. The highest BCUT2D eigenvalue weighted by molar-refractivity contribution is 7.98. The van der Waals surface area contributed by atoms with Gasteiger partial charge in [0.1, 0.15) is 15.5 Å². The van der Waals surface area contributed by atoms with Gasteiger partial charge in [0.05, 0.1) is 31.8 Å². The van der Waals surface area contributed by atoms with Crippen LogP contribution in [0.3, 0.4) is 0 Å². The maximum atomic E-state index is 12.7. The van der Waals surface area contributed by atoms with Crippen molar-refractivity contribution in [2.75, 3.05) is 14.2 Å². The van der Waals surface area contributed by atoms with Crippen molar-refractivity contribution in [3.05, 3.63) is 55.9 Å². The normalized spacial score (nSPS) is 10.8. The molecule has 2 heterocycles. The van der Waals surface area contributed by atoms with Gasteiger partial charge in [-0.05, 0) is 24.3 Å². The van der Waals surface area contributed by atoms with Crippen molar-refractivity contribution in [1.29, 1.82) is 0 Å². The van der Waals surface area contributed by atoms with E-state index >= 15 is 0 Å². The number of thiophene rings is 1. The predicted molar refractivity (Wildman–Crippen MR) is 108 cm³/mol. The number of benzene rings is 1. The first-order valence-electron chi connectivity index (χ1n) is 8.01. The van der Waals surface area contributed by atoms with E-state index in [2.05, 4.69) is 14.7 Å². The van der Waals surface area contributed by atoms with Gasteiger partial charge in [-0.2, -0.15) is 0 Å². The Morgan fingerprint density at radius 3 is 2.57 bits per heavy atom. The molecule has 3 aromatic rings. The Balaban J connectivity index is 1.97. The van der Waals surface area contributed by atoms with E-state index in [-0.39, 0.29) is 22.2 Å². The number of aromatic nitrogens is 2. The summed E-state index contributed by atoms with van der Waals surface area (Å²) in [5.41, 5.74) is -0.147. The van der Waals surface area contributed by atoms with Gasteiger partial charge in [-0.3, -0.25) is 9.59 Å². The molecule has 0 saturated heterocycles. The maximum Gasteiger partial charge on any atom is 0.348 e. The molecule has 0 radical (unpaired) electrons. The fourth-order valence-electron chi connectivity index (χ4n) is 2.50. The van der Waals surface area contributed by atoms with Crippen LogP contribution in [0.2, 0.25) is 5.02 Å². The number of hydrogen-bond acceptors (Lipinski definition) is 8. The minimum absolute atomic E-state index is 0.170. The number of aromatic amines is 1. The Kier molecular flexibility index (Phi) is 6.38. The minimum Gasteiger partial charge on any atom is -0.469 e. The fraction of sp³-hybridized carbons (Fsp3) is 0.222. The zero-order valence-electron chi connectivity index (χ0n) is 14.9. The molecule has 1 aromatic carbocycles. The average molecular weight is 439 g/mol. The molecule has 0 saturated carbocycles. The number of carbonyl (C=O) groups is 2. The molecule has 0 aliphatic heterocycles. The second-order valence-corrected chi connectivity index (χ2v) is 8.07. The summed E-state index contributed by atoms with van der Waals surface area (Å²) >= 11 is 8.38. The zero-order chi connectivity index (χ0) is 20.3. The van der Waals surface area contributed by atoms with Crippen LogP contribution < -0.4 is 5.56 Å². The van der Waals surface area contributed by atoms with Gasteiger partial charge in [0, 0.05) is 15.5 Å². The molecule has 0 spiro atoms. The van der Waals surface area contributed by atoms with E-state index in [1.165, 1.54) is 26.0 Å². The molecule has 0 atom stereocenters. The van der Waals surface area contributed by atoms with Crippen LogP contribution in [0, 0.1) is 0 Å². The number of rotatable bonds is 6. The van der Waals surface area contributed by atoms with Gasteiger partial charge >= 0.3 is 11.9 Å². The first kappa shape index (κ1) is 20.4. The first-order chi connectivity index (χ1) is 13.4. The largest absolute Gasteiger partial charge is 0.469 e. The monoisotopic (exact) mass is 438 g/mol. The number of methoxy groups -OCH3 is 2. The van der Waals surface area contributed by atoms with Crippen LogP contribution in [0.1, 0.15) is 21.1 Å². The number of nitrogens with one attached hydrogen (secondary N) is 1. The molecule has 0 aliphatic carbocycles. The Labute approximate surface area is 173 Å². The van der Waals surface area contributed by atoms with E-state index in [0.29, 0.717) is 21.4 Å². The van der Waals surface area contributed by atoms with Crippen molar-refractivity contribution in [2.24, 2.45) is 0 Å². The second-order valence-electron chi connectivity index (χ2n) is 5.59. The number of ether oxygens (including phenoxy) is 2. The minimum atomic E-state index is -0.626. The van der Waals surface area contributed by atoms with Crippen LogP contribution >= 0.6 is 34.7 Å². The number of nitrogens with zero attached hydrogens (tertiary/aromatic N) is 1. The quantitative estimate of drug-likeness (QED) is 0.465. The molecule has 3 rings (SSSR count). The summed E-state index contributed by atoms with van der Waals surface area (Å²) in [6, 6.07) is 7.31. The van der Waals surface area contributed by atoms with Gasteiger partial charge in [-0.25, -0.2) is 9.78 Å². The summed E-state index contributed by atoms with van der Waals surface area (Å²) in [5, 5.41) is 0.848. The van der Waals surface area contributed by atoms with E-state index in [4.69, 9.17) is 16.3 Å². The molecule has 0 aliphatic rings. The van der Waals surface area contributed by atoms with Crippen LogP contribution in [-0.4, -0.2) is 36.1 Å². The van der Waals surface area contributed by atoms with Crippen LogP contribution in [0.5, 0.6) is 0 Å². The molecule has 0 unspecified atom stereocenters. The van der Waals surface area contributed by atoms with Gasteiger partial charge < -0.3 is 14.5 Å². The van der Waals surface area contributed by atoms with Gasteiger partial charge in [0.25, 0.3) is 5.56 Å². The summed E-state index contributed by atoms with van der Waals surface area (Å²) in [5.74, 6) is -0.310. The van der Waals surface area contributed by atoms with E-state index in [1.54, 1.807) is 12.1 Å². The van der Waals surface area contributed by atoms with Crippen molar-refractivity contribution < 1.29 is 19.1 Å². The highest BCUT2D eigenvalue weighted by Crippen LogP contribution is 2.30. The van der Waals surface area contributed by atoms with Crippen molar-refractivity contribution >= 4 is 56.9 Å². The number of thioether (sulfide) groups is 1. The fourth-order valence-corrected chi connectivity index (χ4v) is 4.53. The molecule has 7 nitrogen and oxygen atoms in total. The lowest BCUT2D eigenvalue weighted by molar-refractivity contribution is -0.139. The molecule has 2 aromatic heterocycles. The Hall–Kier alpha value is -2.36. The molecule has 0 bridgehead atoms. The smallest absolute Gasteiger partial charge is 0.348 e. The number of hydrogen-bond donors (Lipinski definition) is 1. The summed E-state index contributed by atoms with van der Waals surface area (Å²) in [6.45, 7) is 0. The van der Waals surface area contributed by atoms with E-state index in [9.17, 15) is 14.4 Å². The molecule has 28 heavy (non-hydrogen) atoms. The van der Waals surface area contributed by atoms with Gasteiger partial charge in [-0.15, -0.1) is 23.1 Å². The van der Waals surface area contributed by atoms with Crippen LogP contribution in [0.15, 0.2) is 34.0 Å². The number of fused-ring (bicyclic) bond motifs is 1. The van der Waals surface area contributed by atoms with Crippen molar-refractivity contribution in [3.8, 4) is 0 Å². The van der Waals surface area contributed by atoms with Crippen LogP contribution in [-0.2, 0) is 26.4 Å². The number of esters is 2. The summed E-state index contributed by atoms with van der Waals surface area (Å²) in [6.07, 6.45) is -0.218. The lowest BCUT2D eigenvalue weighted by Gasteiger charge is -2.03. The predicted octanol–water partition coefficient (Wildman–Crippen LogP) is 3.43. The van der Waals surface area contributed by atoms with Gasteiger partial charge in [-0.1, -0.05) is 11.6 Å². The third-order valence-electron chi connectivity index (χ3n) is 3.82. The van der Waals surface area contributed by atoms with Crippen LogP contribution in [0.25, 0.3) is 10.2 Å². The van der Waals surface area contributed by atoms with Gasteiger partial charge in [0.2, 0.25) is 0 Å². The molecular weight excluding hydrogens is 424 g/mol. The van der Waals surface area contributed by atoms with Crippen LogP contribution in [0.4, 0.5) is 0 Å². The van der Waals surface area contributed by atoms with Gasteiger partial charge in [0.15, 0.2) is 0 Å². The lowest BCUT2D eigenvalue weighted by Crippen LogP contribution is -2.15. The van der Waals surface area contributed by atoms with Crippen molar-refractivity contribution in [3.63, 3.8) is 0 Å². The SMILES string of the molecule is COC(=O)Cc1c(C(=O)OC)sc2nc(CSc3ccc(Cl)cc3)[nH]c(=O)c12. The average Bonchev–Trinajstić information content (AvgIpc) is 3.05. The highest BCUT2D eigenvalue weighted by Gasteiger charge is 2.24. The first-order valence-corrected chi connectivity index (χ1v) is 10.2. The van der Waals surface area contributed by atoms with E-state index in [1.807, 2.05) is 12.1 Å². The van der Waals surface area contributed by atoms with E-state index < -0.39 is 17.5 Å². The highest BCUT2D eigenvalue weighted by atomic mass is 35.5. The van der Waals surface area contributed by atoms with Crippen molar-refractivity contribution in [1.82, 2.24) is 9.97 Å². The summed E-state index contributed by atoms with van der Waals surface area (Å²) in [7, 11) is 2.48. The maximum absolute atomic E-state index is 12.7. The molecule has 146 valence electrons. The van der Waals surface area contributed by atoms with Crippen molar-refractivity contribution in [2.45, 2.75) is 17.1 Å². The second kappa shape index (κ2) is 8.76. The lowest BCUT2D eigenvalue weighted by atomic mass is 10.1. The Bertz CT molecular complexity index is 1090. The third kappa shape index (κ3) is 4.37. The summed E-state index contributed by atoms with van der Waals surface area (Å²) in [4.78, 5) is 45.2. The zero-order valence-corrected chi connectivity index (χ0v) is 17.3. The topological polar surface area (TPSA) is 98.3 Å². The molecule has 0 fully saturated rings. The Morgan fingerprint density at radius 2 is 1.93 bits per heavy atom. The molecule has 10 heteroatoms. The molecule has 0 amide bonds. The third-order valence-corrected chi connectivity index (χ3v) is 6.20. The summed E-state index contributed by atoms with van der Waals surface area (Å²) < 4.78 is 9.44. The standard InChI is InChI=1S/C18H15ClN2O5S2/c1-25-13(22)7-11-14-16(23)20-12(8-27-10-5-3-9(19)4-6-10)21-17(14)28-15(11)18(24)26-2/h3-6H,7-8H2,1-2H3,(H,20,21,23). The number of carbonyl (C=O) groups excluding carboxylic acids is 2. The molecule has 1 N–H and O–H groups in total. The number of H-pyrrole nitrogens is 1. The van der Waals surface area contributed by atoms with E-state index in [0.717, 1.165) is 16.2 Å².